The van der Waals surface area contributed by atoms with Gasteiger partial charge in [-0.1, -0.05) is 59.7 Å². The van der Waals surface area contributed by atoms with E-state index in [1.807, 2.05) is 67.6 Å². The number of hydrogen-bond donors (Lipinski definition) is 1. The standard InChI is InChI=1S/C25H22N2O2/c1-17-3-7-19(8-4-17)15-24(28)26-22-13-11-21(12-14-22)25-27-23(16-29-25)20-9-5-18(2)6-10-20/h3-14,16H,15H2,1-2H3,(H,26,28). The molecule has 4 nitrogen and oxygen atoms in total. The fourth-order valence-corrected chi connectivity index (χ4v) is 3.06. The van der Waals surface area contributed by atoms with Crippen LogP contribution in [0.5, 0.6) is 0 Å². The molecule has 0 radical (unpaired) electrons. The van der Waals surface area contributed by atoms with Crippen LogP contribution in [-0.4, -0.2) is 10.9 Å². The third kappa shape index (κ3) is 4.61. The van der Waals surface area contributed by atoms with E-state index >= 15 is 0 Å². The molecule has 0 bridgehead atoms. The topological polar surface area (TPSA) is 55.1 Å². The second-order valence-corrected chi connectivity index (χ2v) is 7.19. The molecule has 0 saturated carbocycles. The molecule has 1 aromatic heterocycles. The maximum atomic E-state index is 12.3. The highest BCUT2D eigenvalue weighted by molar-refractivity contribution is 5.92. The molecule has 144 valence electrons. The molecule has 4 aromatic rings. The van der Waals surface area contributed by atoms with E-state index in [1.54, 1.807) is 6.26 Å². The first-order valence-corrected chi connectivity index (χ1v) is 9.55. The van der Waals surface area contributed by atoms with Gasteiger partial charge in [0.2, 0.25) is 11.8 Å². The predicted molar refractivity (Wildman–Crippen MR) is 116 cm³/mol. The van der Waals surface area contributed by atoms with Crippen molar-refractivity contribution in [2.75, 3.05) is 5.32 Å². The van der Waals surface area contributed by atoms with E-state index in [9.17, 15) is 4.79 Å². The van der Waals surface area contributed by atoms with Crippen LogP contribution < -0.4 is 5.32 Å². The van der Waals surface area contributed by atoms with Gasteiger partial charge in [0, 0.05) is 16.8 Å². The molecule has 0 saturated heterocycles. The summed E-state index contributed by atoms with van der Waals surface area (Å²) in [6.07, 6.45) is 2.01. The molecule has 4 heteroatoms. The van der Waals surface area contributed by atoms with Gasteiger partial charge in [-0.05, 0) is 43.7 Å². The molecule has 1 amide bonds. The van der Waals surface area contributed by atoms with Crippen LogP contribution in [0.25, 0.3) is 22.7 Å². The van der Waals surface area contributed by atoms with Crippen molar-refractivity contribution in [3.8, 4) is 22.7 Å². The van der Waals surface area contributed by atoms with Crippen molar-refractivity contribution in [2.45, 2.75) is 20.3 Å². The summed E-state index contributed by atoms with van der Waals surface area (Å²) in [5.74, 6) is 0.512. The molecule has 1 N–H and O–H groups in total. The number of benzene rings is 3. The summed E-state index contributed by atoms with van der Waals surface area (Å²) >= 11 is 0. The number of aryl methyl sites for hydroxylation is 2. The molecule has 1 heterocycles. The average molecular weight is 382 g/mol. The van der Waals surface area contributed by atoms with Crippen molar-refractivity contribution in [2.24, 2.45) is 0 Å². The van der Waals surface area contributed by atoms with E-state index in [-0.39, 0.29) is 5.91 Å². The van der Waals surface area contributed by atoms with Crippen LogP contribution in [0.2, 0.25) is 0 Å². The lowest BCUT2D eigenvalue weighted by Gasteiger charge is -2.06. The van der Waals surface area contributed by atoms with Gasteiger partial charge in [-0.15, -0.1) is 0 Å². The Morgan fingerprint density at radius 1 is 0.828 bits per heavy atom. The number of nitrogens with zero attached hydrogens (tertiary/aromatic N) is 1. The minimum Gasteiger partial charge on any atom is -0.444 e. The number of carbonyl (C=O) groups is 1. The van der Waals surface area contributed by atoms with Crippen molar-refractivity contribution in [3.63, 3.8) is 0 Å². The zero-order valence-corrected chi connectivity index (χ0v) is 16.5. The largest absolute Gasteiger partial charge is 0.444 e. The number of aromatic nitrogens is 1. The maximum absolute atomic E-state index is 12.3. The number of carbonyl (C=O) groups excluding carboxylic acids is 1. The van der Waals surface area contributed by atoms with Crippen LogP contribution in [0, 0.1) is 13.8 Å². The smallest absolute Gasteiger partial charge is 0.228 e. The molecule has 0 atom stereocenters. The summed E-state index contributed by atoms with van der Waals surface area (Å²) in [5, 5.41) is 2.93. The molecule has 0 aliphatic rings. The Morgan fingerprint density at radius 3 is 2.07 bits per heavy atom. The van der Waals surface area contributed by atoms with Crippen LogP contribution in [-0.2, 0) is 11.2 Å². The fraction of sp³-hybridized carbons (Fsp3) is 0.120. The lowest BCUT2D eigenvalue weighted by Crippen LogP contribution is -2.14. The zero-order chi connectivity index (χ0) is 20.2. The van der Waals surface area contributed by atoms with Gasteiger partial charge >= 0.3 is 0 Å². The Hall–Kier alpha value is -3.66. The van der Waals surface area contributed by atoms with Crippen molar-refractivity contribution in [1.82, 2.24) is 4.98 Å². The minimum absolute atomic E-state index is 0.0422. The molecule has 0 aliphatic heterocycles. The number of nitrogens with one attached hydrogen (secondary N) is 1. The van der Waals surface area contributed by atoms with Crippen LogP contribution in [0.4, 0.5) is 5.69 Å². The molecule has 0 fully saturated rings. The SMILES string of the molecule is Cc1ccc(CC(=O)Nc2ccc(-c3nc(-c4ccc(C)cc4)co3)cc2)cc1. The number of hydrogen-bond acceptors (Lipinski definition) is 3. The minimum atomic E-state index is -0.0422. The Kier molecular flexibility index (Phi) is 5.25. The molecule has 0 aliphatic carbocycles. The second kappa shape index (κ2) is 8.15. The molecule has 4 rings (SSSR count). The quantitative estimate of drug-likeness (QED) is 0.474. The van der Waals surface area contributed by atoms with Crippen molar-refractivity contribution < 1.29 is 9.21 Å². The summed E-state index contributed by atoms with van der Waals surface area (Å²) in [6, 6.07) is 23.7. The Labute approximate surface area is 170 Å². The lowest BCUT2D eigenvalue weighted by atomic mass is 10.1. The first-order chi connectivity index (χ1) is 14.1. The van der Waals surface area contributed by atoms with E-state index in [0.29, 0.717) is 12.3 Å². The number of amides is 1. The van der Waals surface area contributed by atoms with Crippen molar-refractivity contribution >= 4 is 11.6 Å². The summed E-state index contributed by atoms with van der Waals surface area (Å²) in [5.41, 5.74) is 6.81. The fourth-order valence-electron chi connectivity index (χ4n) is 3.06. The van der Waals surface area contributed by atoms with E-state index in [0.717, 1.165) is 28.1 Å². The third-order valence-corrected chi connectivity index (χ3v) is 4.75. The molecule has 29 heavy (non-hydrogen) atoms. The average Bonchev–Trinajstić information content (AvgIpc) is 3.21. The first-order valence-electron chi connectivity index (χ1n) is 9.55. The van der Waals surface area contributed by atoms with E-state index < -0.39 is 0 Å². The van der Waals surface area contributed by atoms with Crippen LogP contribution in [0.15, 0.2) is 83.5 Å². The van der Waals surface area contributed by atoms with Crippen LogP contribution in [0.3, 0.4) is 0 Å². The Balaban J connectivity index is 1.42. The highest BCUT2D eigenvalue weighted by Gasteiger charge is 2.09. The first kappa shape index (κ1) is 18.7. The summed E-state index contributed by atoms with van der Waals surface area (Å²) in [4.78, 5) is 16.8. The summed E-state index contributed by atoms with van der Waals surface area (Å²) in [7, 11) is 0. The van der Waals surface area contributed by atoms with E-state index in [2.05, 4.69) is 29.4 Å². The van der Waals surface area contributed by atoms with Gasteiger partial charge in [-0.25, -0.2) is 4.98 Å². The number of anilines is 1. The summed E-state index contributed by atoms with van der Waals surface area (Å²) < 4.78 is 5.65. The van der Waals surface area contributed by atoms with Crippen molar-refractivity contribution in [3.05, 3.63) is 95.7 Å². The van der Waals surface area contributed by atoms with Crippen molar-refractivity contribution in [1.29, 1.82) is 0 Å². The number of rotatable bonds is 5. The van der Waals surface area contributed by atoms with Gasteiger partial charge in [0.05, 0.1) is 6.42 Å². The molecular formula is C25H22N2O2. The van der Waals surface area contributed by atoms with Gasteiger partial charge < -0.3 is 9.73 Å². The Bertz CT molecular complexity index is 1110. The normalized spacial score (nSPS) is 10.7. The lowest BCUT2D eigenvalue weighted by molar-refractivity contribution is -0.115. The van der Waals surface area contributed by atoms with Gasteiger partial charge in [-0.2, -0.15) is 0 Å². The van der Waals surface area contributed by atoms with Gasteiger partial charge in [0.25, 0.3) is 0 Å². The van der Waals surface area contributed by atoms with Gasteiger partial charge in [0.15, 0.2) is 0 Å². The monoisotopic (exact) mass is 382 g/mol. The molecule has 0 spiro atoms. The van der Waals surface area contributed by atoms with E-state index in [1.165, 1.54) is 11.1 Å². The van der Waals surface area contributed by atoms with Gasteiger partial charge in [-0.3, -0.25) is 4.79 Å². The van der Waals surface area contributed by atoms with Gasteiger partial charge in [0.1, 0.15) is 12.0 Å². The highest BCUT2D eigenvalue weighted by atomic mass is 16.3. The van der Waals surface area contributed by atoms with E-state index in [4.69, 9.17) is 4.42 Å². The third-order valence-electron chi connectivity index (χ3n) is 4.75. The van der Waals surface area contributed by atoms with Crippen LogP contribution in [0.1, 0.15) is 16.7 Å². The zero-order valence-electron chi connectivity index (χ0n) is 16.5. The number of oxazole rings is 1. The van der Waals surface area contributed by atoms with Crippen LogP contribution >= 0.6 is 0 Å². The predicted octanol–water partition coefficient (Wildman–Crippen LogP) is 5.81. The summed E-state index contributed by atoms with van der Waals surface area (Å²) in [6.45, 7) is 4.09. The highest BCUT2D eigenvalue weighted by Crippen LogP contribution is 2.26. The molecule has 0 unspecified atom stereocenters. The molecular weight excluding hydrogens is 360 g/mol. The molecule has 3 aromatic carbocycles. The Morgan fingerprint density at radius 2 is 1.41 bits per heavy atom. The maximum Gasteiger partial charge on any atom is 0.228 e. The second-order valence-electron chi connectivity index (χ2n) is 7.19.